The standard InChI is InChI=1S/C18H20Cl2N2O2S/c19-17-7-6-15(10-18(17)20)13-25(23,24)21-16-8-9-22(12-16)11-14-4-2-1-3-5-14/h1-7,10,16,21H,8-9,11-13H2. The van der Waals surface area contributed by atoms with Gasteiger partial charge in [0.15, 0.2) is 0 Å². The zero-order chi connectivity index (χ0) is 17.9. The molecule has 0 spiro atoms. The molecule has 2 aromatic carbocycles. The lowest BCUT2D eigenvalue weighted by molar-refractivity contribution is 0.324. The zero-order valence-corrected chi connectivity index (χ0v) is 16.0. The number of rotatable bonds is 6. The molecule has 0 aromatic heterocycles. The predicted molar refractivity (Wildman–Crippen MR) is 102 cm³/mol. The van der Waals surface area contributed by atoms with Crippen LogP contribution in [0.15, 0.2) is 48.5 Å². The maximum absolute atomic E-state index is 12.4. The summed E-state index contributed by atoms with van der Waals surface area (Å²) >= 11 is 11.8. The van der Waals surface area contributed by atoms with Gasteiger partial charge in [-0.05, 0) is 29.7 Å². The van der Waals surface area contributed by atoms with E-state index in [0.29, 0.717) is 15.6 Å². The molecule has 1 unspecified atom stereocenters. The summed E-state index contributed by atoms with van der Waals surface area (Å²) in [5.41, 5.74) is 1.86. The SMILES string of the molecule is O=S(=O)(Cc1ccc(Cl)c(Cl)c1)NC1CCN(Cc2ccccc2)C1. The number of hydrogen-bond acceptors (Lipinski definition) is 3. The second-order valence-electron chi connectivity index (χ2n) is 6.33. The second-order valence-corrected chi connectivity index (χ2v) is 8.90. The molecule has 3 rings (SSSR count). The molecule has 1 aliphatic heterocycles. The van der Waals surface area contributed by atoms with Crippen molar-refractivity contribution in [3.63, 3.8) is 0 Å². The number of benzene rings is 2. The minimum absolute atomic E-state index is 0.0588. The Kier molecular flexibility index (Phi) is 6.02. The summed E-state index contributed by atoms with van der Waals surface area (Å²) < 4.78 is 27.6. The zero-order valence-electron chi connectivity index (χ0n) is 13.7. The first kappa shape index (κ1) is 18.7. The Bertz CT molecular complexity index is 828. The Morgan fingerprint density at radius 1 is 1.04 bits per heavy atom. The number of hydrogen-bond donors (Lipinski definition) is 1. The molecule has 1 saturated heterocycles. The van der Waals surface area contributed by atoms with Gasteiger partial charge in [0.1, 0.15) is 0 Å². The minimum atomic E-state index is -3.42. The molecule has 1 N–H and O–H groups in total. The van der Waals surface area contributed by atoms with Crippen molar-refractivity contribution < 1.29 is 8.42 Å². The summed E-state index contributed by atoms with van der Waals surface area (Å²) in [4.78, 5) is 2.27. The molecule has 7 heteroatoms. The quantitative estimate of drug-likeness (QED) is 0.806. The predicted octanol–water partition coefficient (Wildman–Crippen LogP) is 3.69. The number of nitrogens with zero attached hydrogens (tertiary/aromatic N) is 1. The highest BCUT2D eigenvalue weighted by molar-refractivity contribution is 7.88. The van der Waals surface area contributed by atoms with E-state index in [9.17, 15) is 8.42 Å². The molecular formula is C18H20Cl2N2O2S. The van der Waals surface area contributed by atoms with Gasteiger partial charge in [0.05, 0.1) is 15.8 Å². The molecule has 0 bridgehead atoms. The van der Waals surface area contributed by atoms with Crippen molar-refractivity contribution in [1.82, 2.24) is 9.62 Å². The van der Waals surface area contributed by atoms with E-state index in [4.69, 9.17) is 23.2 Å². The van der Waals surface area contributed by atoms with Crippen LogP contribution in [-0.4, -0.2) is 32.4 Å². The highest BCUT2D eigenvalue weighted by atomic mass is 35.5. The van der Waals surface area contributed by atoms with Crippen LogP contribution in [0.1, 0.15) is 17.5 Å². The highest BCUT2D eigenvalue weighted by Crippen LogP contribution is 2.23. The Hall–Kier alpha value is -1.11. The van der Waals surface area contributed by atoms with Crippen molar-refractivity contribution in [3.8, 4) is 0 Å². The van der Waals surface area contributed by atoms with Gasteiger partial charge in [-0.2, -0.15) is 0 Å². The van der Waals surface area contributed by atoms with Crippen molar-refractivity contribution in [2.24, 2.45) is 0 Å². The van der Waals surface area contributed by atoms with Crippen molar-refractivity contribution in [2.75, 3.05) is 13.1 Å². The number of nitrogens with one attached hydrogen (secondary N) is 1. The lowest BCUT2D eigenvalue weighted by atomic mass is 10.2. The number of halogens is 2. The van der Waals surface area contributed by atoms with Gasteiger partial charge in [-0.1, -0.05) is 59.6 Å². The molecule has 0 aliphatic carbocycles. The van der Waals surface area contributed by atoms with Crippen LogP contribution < -0.4 is 4.72 Å². The molecule has 4 nitrogen and oxygen atoms in total. The molecule has 0 amide bonds. The minimum Gasteiger partial charge on any atom is -0.297 e. The smallest absolute Gasteiger partial charge is 0.216 e. The topological polar surface area (TPSA) is 49.4 Å². The van der Waals surface area contributed by atoms with Gasteiger partial charge < -0.3 is 0 Å². The van der Waals surface area contributed by atoms with Gasteiger partial charge in [0, 0.05) is 25.7 Å². The molecule has 1 atom stereocenters. The fraction of sp³-hybridized carbons (Fsp3) is 0.333. The lowest BCUT2D eigenvalue weighted by Gasteiger charge is -2.17. The molecule has 1 fully saturated rings. The fourth-order valence-corrected chi connectivity index (χ4v) is 4.78. The van der Waals surface area contributed by atoms with E-state index < -0.39 is 10.0 Å². The van der Waals surface area contributed by atoms with E-state index >= 15 is 0 Å². The molecule has 134 valence electrons. The summed E-state index contributed by atoms with van der Waals surface area (Å²) in [6, 6.07) is 15.0. The van der Waals surface area contributed by atoms with E-state index in [-0.39, 0.29) is 11.8 Å². The Morgan fingerprint density at radius 3 is 2.52 bits per heavy atom. The van der Waals surface area contributed by atoms with Gasteiger partial charge in [-0.3, -0.25) is 4.90 Å². The largest absolute Gasteiger partial charge is 0.297 e. The maximum Gasteiger partial charge on any atom is 0.216 e. The van der Waals surface area contributed by atoms with Crippen molar-refractivity contribution >= 4 is 33.2 Å². The number of sulfonamides is 1. The highest BCUT2D eigenvalue weighted by Gasteiger charge is 2.26. The normalized spacial score (nSPS) is 18.6. The monoisotopic (exact) mass is 398 g/mol. The van der Waals surface area contributed by atoms with Crippen LogP contribution in [-0.2, 0) is 22.3 Å². The van der Waals surface area contributed by atoms with Gasteiger partial charge >= 0.3 is 0 Å². The fourth-order valence-electron chi connectivity index (χ4n) is 3.06. The second kappa shape index (κ2) is 8.06. The Balaban J connectivity index is 1.55. The Morgan fingerprint density at radius 2 is 1.80 bits per heavy atom. The van der Waals surface area contributed by atoms with Gasteiger partial charge in [0.2, 0.25) is 10.0 Å². The van der Waals surface area contributed by atoms with E-state index in [2.05, 4.69) is 21.8 Å². The average molecular weight is 399 g/mol. The molecule has 25 heavy (non-hydrogen) atoms. The summed E-state index contributed by atoms with van der Waals surface area (Å²) in [6.45, 7) is 2.44. The molecule has 1 aliphatic rings. The van der Waals surface area contributed by atoms with Gasteiger partial charge in [0.25, 0.3) is 0 Å². The van der Waals surface area contributed by atoms with Crippen LogP contribution in [0.4, 0.5) is 0 Å². The lowest BCUT2D eigenvalue weighted by Crippen LogP contribution is -2.37. The van der Waals surface area contributed by atoms with E-state index in [1.807, 2.05) is 18.2 Å². The van der Waals surface area contributed by atoms with Crippen LogP contribution in [0.3, 0.4) is 0 Å². The molecular weight excluding hydrogens is 379 g/mol. The van der Waals surface area contributed by atoms with Crippen molar-refractivity contribution in [1.29, 1.82) is 0 Å². The third kappa shape index (κ3) is 5.43. The first-order chi connectivity index (χ1) is 11.9. The third-order valence-electron chi connectivity index (χ3n) is 4.21. The molecule has 2 aromatic rings. The first-order valence-electron chi connectivity index (χ1n) is 8.11. The van der Waals surface area contributed by atoms with Crippen LogP contribution in [0.2, 0.25) is 10.0 Å². The summed E-state index contributed by atoms with van der Waals surface area (Å²) in [6.07, 6.45) is 0.813. The molecule has 0 saturated carbocycles. The van der Waals surface area contributed by atoms with Gasteiger partial charge in [-0.15, -0.1) is 0 Å². The summed E-state index contributed by atoms with van der Waals surface area (Å²) in [5.74, 6) is -0.0981. The van der Waals surface area contributed by atoms with E-state index in [1.165, 1.54) is 5.56 Å². The Labute approximate surface area is 158 Å². The van der Waals surface area contributed by atoms with Gasteiger partial charge in [-0.25, -0.2) is 13.1 Å². The summed E-state index contributed by atoms with van der Waals surface area (Å²) in [5, 5.41) is 0.785. The van der Waals surface area contributed by atoms with Crippen LogP contribution in [0, 0.1) is 0 Å². The number of likely N-dealkylation sites (tertiary alicyclic amines) is 1. The van der Waals surface area contributed by atoms with Crippen LogP contribution >= 0.6 is 23.2 Å². The van der Waals surface area contributed by atoms with Crippen LogP contribution in [0.5, 0.6) is 0 Å². The third-order valence-corrected chi connectivity index (χ3v) is 6.35. The van der Waals surface area contributed by atoms with Crippen molar-refractivity contribution in [3.05, 3.63) is 69.7 Å². The van der Waals surface area contributed by atoms with E-state index in [0.717, 1.165) is 26.1 Å². The molecule has 1 heterocycles. The first-order valence-corrected chi connectivity index (χ1v) is 10.5. The summed E-state index contributed by atoms with van der Waals surface area (Å²) in [7, 11) is -3.42. The maximum atomic E-state index is 12.4. The molecule has 0 radical (unpaired) electrons. The average Bonchev–Trinajstić information content (AvgIpc) is 2.97. The van der Waals surface area contributed by atoms with Crippen LogP contribution in [0.25, 0.3) is 0 Å². The van der Waals surface area contributed by atoms with Crippen molar-refractivity contribution in [2.45, 2.75) is 24.8 Å². The van der Waals surface area contributed by atoms with E-state index in [1.54, 1.807) is 18.2 Å².